The molecule has 0 bridgehead atoms. The molecule has 2 N–H and O–H groups in total. The lowest BCUT2D eigenvalue weighted by atomic mass is 9.82. The number of esters is 2. The van der Waals surface area contributed by atoms with Crippen LogP contribution in [0, 0.1) is 23.7 Å². The first-order valence-electron chi connectivity index (χ1n) is 10.6. The lowest BCUT2D eigenvalue weighted by Crippen LogP contribution is -2.61. The molecule has 0 radical (unpaired) electrons. The number of ether oxygens (including phenoxy) is 2. The largest absolute Gasteiger partial charge is 0.464 e. The van der Waals surface area contributed by atoms with Gasteiger partial charge in [0, 0.05) is 0 Å². The maximum atomic E-state index is 12.9. The molecule has 8 heteroatoms. The Morgan fingerprint density at radius 2 is 1.70 bits per heavy atom. The van der Waals surface area contributed by atoms with Crippen LogP contribution >= 0.6 is 0 Å². The van der Waals surface area contributed by atoms with Crippen LogP contribution in [0.3, 0.4) is 0 Å². The van der Waals surface area contributed by atoms with Gasteiger partial charge in [0.25, 0.3) is 5.91 Å². The van der Waals surface area contributed by atoms with Gasteiger partial charge in [-0.1, -0.05) is 54.0 Å². The molecular weight excluding hydrogens is 388 g/mol. The van der Waals surface area contributed by atoms with Gasteiger partial charge < -0.3 is 20.1 Å². The number of carbonyl (C=O) groups excluding carboxylic acids is 4. The third-order valence-electron chi connectivity index (χ3n) is 5.39. The molecule has 1 aliphatic rings. The molecule has 1 rings (SSSR count). The molecular formula is C22H36N2O6. The van der Waals surface area contributed by atoms with E-state index in [9.17, 15) is 19.2 Å². The molecule has 1 saturated heterocycles. The molecule has 1 aliphatic heterocycles. The van der Waals surface area contributed by atoms with E-state index in [1.54, 1.807) is 33.8 Å². The molecule has 2 amide bonds. The molecule has 170 valence electrons. The second-order valence-corrected chi connectivity index (χ2v) is 8.47. The highest BCUT2D eigenvalue weighted by Gasteiger charge is 2.50. The van der Waals surface area contributed by atoms with Crippen molar-refractivity contribution in [3.63, 3.8) is 0 Å². The van der Waals surface area contributed by atoms with Gasteiger partial charge in [0.1, 0.15) is 18.0 Å². The van der Waals surface area contributed by atoms with Gasteiger partial charge >= 0.3 is 11.9 Å². The van der Waals surface area contributed by atoms with Crippen LogP contribution in [0.25, 0.3) is 0 Å². The maximum Gasteiger partial charge on any atom is 0.328 e. The van der Waals surface area contributed by atoms with Crippen LogP contribution in [-0.2, 0) is 28.7 Å². The number of nitrogens with one attached hydrogen (secondary N) is 2. The fraction of sp³-hybridized carbons (Fsp3) is 0.727. The quantitative estimate of drug-likeness (QED) is 0.282. The smallest absolute Gasteiger partial charge is 0.328 e. The van der Waals surface area contributed by atoms with E-state index in [1.165, 1.54) is 0 Å². The molecule has 0 aliphatic carbocycles. The van der Waals surface area contributed by atoms with Crippen molar-refractivity contribution in [3.05, 3.63) is 12.7 Å². The highest BCUT2D eigenvalue weighted by Crippen LogP contribution is 2.31. The molecule has 0 spiro atoms. The van der Waals surface area contributed by atoms with E-state index < -0.39 is 47.9 Å². The zero-order chi connectivity index (χ0) is 23.0. The van der Waals surface area contributed by atoms with Gasteiger partial charge in [0.05, 0.1) is 6.61 Å². The number of hydrogen-bond donors (Lipinski definition) is 2. The van der Waals surface area contributed by atoms with Crippen molar-refractivity contribution in [2.75, 3.05) is 6.61 Å². The first-order chi connectivity index (χ1) is 14.0. The Morgan fingerprint density at radius 1 is 1.10 bits per heavy atom. The number of hydrogen-bond acceptors (Lipinski definition) is 6. The van der Waals surface area contributed by atoms with Gasteiger partial charge in [0.2, 0.25) is 5.91 Å². The van der Waals surface area contributed by atoms with E-state index in [1.807, 2.05) is 13.8 Å². The Kier molecular flexibility index (Phi) is 10.0. The lowest BCUT2D eigenvalue weighted by molar-refractivity contribution is -0.193. The standard InChI is InChI=1S/C22H36N2O6/c1-8-10-11-29-22(28)17(13(5)6)24-19(25)16(12(3)4)23-20(26)18-15(14(7)9-2)21(27)30-18/h8,12-18H,1,9-11H2,2-7H3,(H,23,26)(H,24,25)/t14-,15?,16-,17-,18+/m0/s1. The maximum absolute atomic E-state index is 12.9. The summed E-state index contributed by atoms with van der Waals surface area (Å²) < 4.78 is 10.2. The summed E-state index contributed by atoms with van der Waals surface area (Å²) in [5, 5.41) is 5.39. The monoisotopic (exact) mass is 424 g/mol. The van der Waals surface area contributed by atoms with Crippen molar-refractivity contribution in [3.8, 4) is 0 Å². The summed E-state index contributed by atoms with van der Waals surface area (Å²) in [6.07, 6.45) is 2.00. The molecule has 8 nitrogen and oxygen atoms in total. The van der Waals surface area contributed by atoms with Gasteiger partial charge in [-0.15, -0.1) is 6.58 Å². The van der Waals surface area contributed by atoms with Gasteiger partial charge in [-0.3, -0.25) is 14.4 Å². The molecule has 0 aromatic carbocycles. The van der Waals surface area contributed by atoms with Crippen LogP contribution in [0.5, 0.6) is 0 Å². The van der Waals surface area contributed by atoms with Gasteiger partial charge in [-0.05, 0) is 24.2 Å². The van der Waals surface area contributed by atoms with Crippen molar-refractivity contribution in [1.29, 1.82) is 0 Å². The van der Waals surface area contributed by atoms with Gasteiger partial charge in [-0.2, -0.15) is 0 Å². The summed E-state index contributed by atoms with van der Waals surface area (Å²) >= 11 is 0. The topological polar surface area (TPSA) is 111 Å². The summed E-state index contributed by atoms with van der Waals surface area (Å²) in [6, 6.07) is -1.72. The first kappa shape index (κ1) is 25.7. The zero-order valence-corrected chi connectivity index (χ0v) is 18.9. The summed E-state index contributed by atoms with van der Waals surface area (Å²) in [5.74, 6) is -2.84. The van der Waals surface area contributed by atoms with Crippen molar-refractivity contribution in [2.45, 2.75) is 72.6 Å². The van der Waals surface area contributed by atoms with Crippen molar-refractivity contribution in [2.24, 2.45) is 23.7 Å². The molecule has 5 atom stereocenters. The van der Waals surface area contributed by atoms with E-state index in [2.05, 4.69) is 17.2 Å². The third-order valence-corrected chi connectivity index (χ3v) is 5.39. The molecule has 0 aromatic heterocycles. The Labute approximate surface area is 179 Å². The summed E-state index contributed by atoms with van der Waals surface area (Å²) in [7, 11) is 0. The number of carbonyl (C=O) groups is 4. The molecule has 30 heavy (non-hydrogen) atoms. The summed E-state index contributed by atoms with van der Waals surface area (Å²) in [5.41, 5.74) is 0. The Hall–Kier alpha value is -2.38. The van der Waals surface area contributed by atoms with Crippen LogP contribution in [0.2, 0.25) is 0 Å². The Morgan fingerprint density at radius 3 is 2.17 bits per heavy atom. The second kappa shape index (κ2) is 11.7. The highest BCUT2D eigenvalue weighted by atomic mass is 16.6. The Balaban J connectivity index is 2.81. The number of rotatable bonds is 12. The SMILES string of the molecule is C=CCCOC(=O)[C@@H](NC(=O)[C@@H](NC(=O)[C@@H]1OC(=O)C1[C@@H](C)CC)C(C)C)C(C)C. The van der Waals surface area contributed by atoms with E-state index in [0.29, 0.717) is 6.42 Å². The van der Waals surface area contributed by atoms with Crippen molar-refractivity contribution >= 4 is 23.8 Å². The van der Waals surface area contributed by atoms with Crippen molar-refractivity contribution in [1.82, 2.24) is 10.6 Å². The van der Waals surface area contributed by atoms with E-state index in [0.717, 1.165) is 6.42 Å². The zero-order valence-electron chi connectivity index (χ0n) is 18.9. The average Bonchev–Trinajstić information content (AvgIpc) is 2.67. The first-order valence-corrected chi connectivity index (χ1v) is 10.6. The minimum atomic E-state index is -0.897. The molecule has 1 fully saturated rings. The van der Waals surface area contributed by atoms with E-state index in [-0.39, 0.29) is 24.4 Å². The van der Waals surface area contributed by atoms with Crippen LogP contribution in [0.15, 0.2) is 12.7 Å². The van der Waals surface area contributed by atoms with Crippen molar-refractivity contribution < 1.29 is 28.7 Å². The summed E-state index contributed by atoms with van der Waals surface area (Å²) in [6.45, 7) is 14.8. The molecule has 1 unspecified atom stereocenters. The minimum absolute atomic E-state index is 0.00369. The third kappa shape index (κ3) is 6.57. The second-order valence-electron chi connectivity index (χ2n) is 8.47. The normalized spacial score (nSPS) is 21.1. The lowest BCUT2D eigenvalue weighted by Gasteiger charge is -2.38. The minimum Gasteiger partial charge on any atom is -0.464 e. The number of cyclic esters (lactones) is 1. The molecule has 0 saturated carbocycles. The predicted octanol–water partition coefficient (Wildman–Crippen LogP) is 1.98. The van der Waals surface area contributed by atoms with E-state index >= 15 is 0 Å². The van der Waals surface area contributed by atoms with Crippen LogP contribution in [0.1, 0.15) is 54.4 Å². The Bertz CT molecular complexity index is 646. The predicted molar refractivity (Wildman–Crippen MR) is 112 cm³/mol. The average molecular weight is 425 g/mol. The molecule has 0 aromatic rings. The van der Waals surface area contributed by atoms with Gasteiger partial charge in [-0.25, -0.2) is 4.79 Å². The fourth-order valence-corrected chi connectivity index (χ4v) is 3.17. The van der Waals surface area contributed by atoms with Gasteiger partial charge in [0.15, 0.2) is 6.10 Å². The number of amides is 2. The fourth-order valence-electron chi connectivity index (χ4n) is 3.17. The van der Waals surface area contributed by atoms with E-state index in [4.69, 9.17) is 9.47 Å². The van der Waals surface area contributed by atoms with Crippen LogP contribution in [0.4, 0.5) is 0 Å². The molecule has 1 heterocycles. The van der Waals surface area contributed by atoms with Crippen LogP contribution in [-0.4, -0.2) is 48.5 Å². The van der Waals surface area contributed by atoms with Crippen LogP contribution < -0.4 is 10.6 Å². The highest BCUT2D eigenvalue weighted by molar-refractivity contribution is 5.97. The summed E-state index contributed by atoms with van der Waals surface area (Å²) in [4.78, 5) is 49.7.